The molecule has 1 heterocycles. The van der Waals surface area contributed by atoms with Gasteiger partial charge in [-0.15, -0.1) is 11.8 Å². The van der Waals surface area contributed by atoms with Gasteiger partial charge in [0.25, 0.3) is 5.69 Å². The van der Waals surface area contributed by atoms with E-state index in [2.05, 4.69) is 0 Å². The second kappa shape index (κ2) is 6.22. The van der Waals surface area contributed by atoms with Crippen LogP contribution in [0.1, 0.15) is 16.5 Å². The molecule has 0 spiro atoms. The Kier molecular flexibility index (Phi) is 4.28. The Balaban J connectivity index is 1.96. The molecule has 0 N–H and O–H groups in total. The molecule has 0 aromatic heterocycles. The van der Waals surface area contributed by atoms with Gasteiger partial charge in [-0.2, -0.15) is 0 Å². The van der Waals surface area contributed by atoms with Gasteiger partial charge in [-0.05, 0) is 42.3 Å². The van der Waals surface area contributed by atoms with Gasteiger partial charge in [0.15, 0.2) is 0 Å². The van der Waals surface area contributed by atoms with E-state index in [1.54, 1.807) is 23.1 Å². The van der Waals surface area contributed by atoms with Gasteiger partial charge in [-0.3, -0.25) is 19.8 Å². The van der Waals surface area contributed by atoms with E-state index in [0.717, 1.165) is 16.8 Å². The molecule has 5 nitrogen and oxygen atoms in total. The summed E-state index contributed by atoms with van der Waals surface area (Å²) in [5, 5.41) is 11.2. The Bertz CT molecular complexity index is 779. The fourth-order valence-electron chi connectivity index (χ4n) is 2.44. The van der Waals surface area contributed by atoms with E-state index in [1.165, 1.54) is 23.9 Å². The lowest BCUT2D eigenvalue weighted by molar-refractivity contribution is -0.384. The number of carbonyl (C=O) groups is 1. The Labute approximate surface area is 142 Å². The summed E-state index contributed by atoms with van der Waals surface area (Å²) in [7, 11) is 0. The van der Waals surface area contributed by atoms with Crippen molar-refractivity contribution < 1.29 is 9.72 Å². The molecule has 1 aliphatic heterocycles. The molecule has 1 atom stereocenters. The molecule has 1 aliphatic rings. The molecule has 0 unspecified atom stereocenters. The van der Waals surface area contributed by atoms with E-state index >= 15 is 0 Å². The molecule has 0 aliphatic carbocycles. The van der Waals surface area contributed by atoms with Crippen LogP contribution in [0.2, 0.25) is 5.02 Å². The van der Waals surface area contributed by atoms with Crippen molar-refractivity contribution in [3.05, 3.63) is 68.7 Å². The van der Waals surface area contributed by atoms with Gasteiger partial charge in [-0.1, -0.05) is 17.7 Å². The summed E-state index contributed by atoms with van der Waals surface area (Å²) in [6, 6.07) is 11.8. The molecule has 2 aromatic rings. The second-order valence-electron chi connectivity index (χ2n) is 5.21. The molecule has 118 valence electrons. The predicted octanol–water partition coefficient (Wildman–Crippen LogP) is 4.34. The smallest absolute Gasteiger partial charge is 0.269 e. The summed E-state index contributed by atoms with van der Waals surface area (Å²) < 4.78 is 0. The normalized spacial score (nSPS) is 17.6. The largest absolute Gasteiger partial charge is 0.295 e. The molecule has 1 fully saturated rings. The number of thioether (sulfide) groups is 1. The zero-order valence-electron chi connectivity index (χ0n) is 12.2. The fraction of sp³-hybridized carbons (Fsp3) is 0.188. The summed E-state index contributed by atoms with van der Waals surface area (Å²) in [5.41, 5.74) is 2.57. The Morgan fingerprint density at radius 3 is 2.57 bits per heavy atom. The van der Waals surface area contributed by atoms with E-state index in [0.29, 0.717) is 10.8 Å². The number of nitro benzene ring substituents is 1. The molecule has 23 heavy (non-hydrogen) atoms. The third kappa shape index (κ3) is 3.04. The van der Waals surface area contributed by atoms with Crippen LogP contribution in [0.25, 0.3) is 0 Å². The molecule has 0 radical (unpaired) electrons. The number of nitrogens with zero attached hydrogens (tertiary/aromatic N) is 2. The molecule has 7 heteroatoms. The summed E-state index contributed by atoms with van der Waals surface area (Å²) in [6.07, 6.45) is 0. The number of aryl methyl sites for hydroxylation is 1. The van der Waals surface area contributed by atoms with E-state index in [4.69, 9.17) is 11.6 Å². The lowest BCUT2D eigenvalue weighted by Crippen LogP contribution is -2.27. The van der Waals surface area contributed by atoms with Crippen LogP contribution in [0.4, 0.5) is 11.4 Å². The van der Waals surface area contributed by atoms with Crippen LogP contribution in [-0.2, 0) is 4.79 Å². The van der Waals surface area contributed by atoms with Crippen LogP contribution in [0.15, 0.2) is 42.5 Å². The first-order valence-corrected chi connectivity index (χ1v) is 8.34. The third-order valence-corrected chi connectivity index (χ3v) is 5.31. The van der Waals surface area contributed by atoms with Crippen molar-refractivity contribution in [3.8, 4) is 0 Å². The SMILES string of the molecule is Cc1ccc(N2C(=O)CS[C@H]2c2ccc([N+](=O)[O-])cc2)cc1Cl. The summed E-state index contributed by atoms with van der Waals surface area (Å²) in [6.45, 7) is 1.90. The molecule has 0 saturated carbocycles. The van der Waals surface area contributed by atoms with Crippen molar-refractivity contribution in [2.45, 2.75) is 12.3 Å². The maximum Gasteiger partial charge on any atom is 0.269 e. The number of hydrogen-bond donors (Lipinski definition) is 0. The van der Waals surface area contributed by atoms with Crippen molar-refractivity contribution in [3.63, 3.8) is 0 Å². The average Bonchev–Trinajstić information content (AvgIpc) is 2.92. The minimum Gasteiger partial charge on any atom is -0.295 e. The van der Waals surface area contributed by atoms with Gasteiger partial charge in [0.05, 0.1) is 10.7 Å². The van der Waals surface area contributed by atoms with E-state index in [9.17, 15) is 14.9 Å². The highest BCUT2D eigenvalue weighted by atomic mass is 35.5. The van der Waals surface area contributed by atoms with Crippen LogP contribution in [0.3, 0.4) is 0 Å². The molecule has 0 bridgehead atoms. The first-order chi connectivity index (χ1) is 11.0. The number of hydrogen-bond acceptors (Lipinski definition) is 4. The summed E-state index contributed by atoms with van der Waals surface area (Å²) >= 11 is 7.66. The minimum atomic E-state index is -0.436. The van der Waals surface area contributed by atoms with Crippen LogP contribution in [0, 0.1) is 17.0 Å². The number of benzene rings is 2. The molecule has 1 saturated heterocycles. The van der Waals surface area contributed by atoms with E-state index in [1.807, 2.05) is 19.1 Å². The monoisotopic (exact) mass is 348 g/mol. The number of nitro groups is 1. The van der Waals surface area contributed by atoms with Gasteiger partial charge in [0.2, 0.25) is 5.91 Å². The summed E-state index contributed by atoms with van der Waals surface area (Å²) in [4.78, 5) is 24.3. The van der Waals surface area contributed by atoms with E-state index < -0.39 is 4.92 Å². The first kappa shape index (κ1) is 15.8. The third-order valence-electron chi connectivity index (χ3n) is 3.69. The number of anilines is 1. The highest BCUT2D eigenvalue weighted by Gasteiger charge is 2.34. The number of amides is 1. The van der Waals surface area contributed by atoms with Crippen LogP contribution >= 0.6 is 23.4 Å². The Morgan fingerprint density at radius 2 is 1.96 bits per heavy atom. The van der Waals surface area contributed by atoms with Gasteiger partial charge >= 0.3 is 0 Å². The van der Waals surface area contributed by atoms with Gasteiger partial charge < -0.3 is 0 Å². The maximum atomic E-state index is 12.3. The zero-order valence-corrected chi connectivity index (χ0v) is 13.8. The van der Waals surface area contributed by atoms with Crippen LogP contribution in [-0.4, -0.2) is 16.6 Å². The van der Waals surface area contributed by atoms with Crippen molar-refractivity contribution in [1.29, 1.82) is 0 Å². The number of halogens is 1. The van der Waals surface area contributed by atoms with Crippen molar-refractivity contribution in [2.24, 2.45) is 0 Å². The van der Waals surface area contributed by atoms with Gasteiger partial charge in [0, 0.05) is 22.8 Å². The van der Waals surface area contributed by atoms with Gasteiger partial charge in [-0.25, -0.2) is 0 Å². The van der Waals surface area contributed by atoms with Crippen LogP contribution < -0.4 is 4.90 Å². The van der Waals surface area contributed by atoms with Crippen molar-refractivity contribution >= 4 is 40.6 Å². The lowest BCUT2D eigenvalue weighted by Gasteiger charge is -2.24. The standard InChI is InChI=1S/C16H13ClN2O3S/c1-10-2-5-13(8-14(10)17)18-15(20)9-23-16(18)11-3-6-12(7-4-11)19(21)22/h2-8,16H,9H2,1H3/t16-/m0/s1. The maximum absolute atomic E-state index is 12.3. The molecular weight excluding hydrogens is 336 g/mol. The fourth-order valence-corrected chi connectivity index (χ4v) is 3.79. The van der Waals surface area contributed by atoms with Gasteiger partial charge in [0.1, 0.15) is 5.37 Å². The Morgan fingerprint density at radius 1 is 1.26 bits per heavy atom. The van der Waals surface area contributed by atoms with Crippen molar-refractivity contribution in [1.82, 2.24) is 0 Å². The highest BCUT2D eigenvalue weighted by Crippen LogP contribution is 2.42. The van der Waals surface area contributed by atoms with E-state index in [-0.39, 0.29) is 17.0 Å². The summed E-state index contributed by atoms with van der Waals surface area (Å²) in [5.74, 6) is 0.367. The van der Waals surface area contributed by atoms with Crippen LogP contribution in [0.5, 0.6) is 0 Å². The minimum absolute atomic E-state index is 0.00160. The second-order valence-corrected chi connectivity index (χ2v) is 6.68. The number of rotatable bonds is 3. The molecule has 1 amide bonds. The molecule has 3 rings (SSSR count). The zero-order chi connectivity index (χ0) is 16.6. The van der Waals surface area contributed by atoms with Crippen molar-refractivity contribution in [2.75, 3.05) is 10.7 Å². The average molecular weight is 349 g/mol. The molecular formula is C16H13ClN2O3S. The lowest BCUT2D eigenvalue weighted by atomic mass is 10.1. The quantitative estimate of drug-likeness (QED) is 0.611. The number of carbonyl (C=O) groups excluding carboxylic acids is 1. The number of non-ortho nitro benzene ring substituents is 1. The Hall–Kier alpha value is -2.05. The first-order valence-electron chi connectivity index (χ1n) is 6.91. The predicted molar refractivity (Wildman–Crippen MR) is 92.0 cm³/mol. The highest BCUT2D eigenvalue weighted by molar-refractivity contribution is 8.00. The topological polar surface area (TPSA) is 63.5 Å². The molecule has 2 aromatic carbocycles.